The molecule has 0 amide bonds. The van der Waals surface area contributed by atoms with E-state index in [4.69, 9.17) is 0 Å². The molecule has 0 spiro atoms. The van der Waals surface area contributed by atoms with Crippen molar-refractivity contribution in [3.05, 3.63) is 22.8 Å². The van der Waals surface area contributed by atoms with Crippen LogP contribution in [0.2, 0.25) is 0 Å². The average Bonchev–Trinajstić information content (AvgIpc) is 2.28. The predicted octanol–water partition coefficient (Wildman–Crippen LogP) is 4.11. The van der Waals surface area contributed by atoms with E-state index in [0.29, 0.717) is 5.41 Å². The highest BCUT2D eigenvalue weighted by atomic mass is 79.9. The normalized spacial score (nSPS) is 18.5. The third-order valence-corrected chi connectivity index (χ3v) is 4.19. The van der Waals surface area contributed by atoms with E-state index in [9.17, 15) is 0 Å². The van der Waals surface area contributed by atoms with E-state index < -0.39 is 0 Å². The van der Waals surface area contributed by atoms with Crippen LogP contribution in [0.4, 0.5) is 5.82 Å². The first kappa shape index (κ1) is 12.9. The van der Waals surface area contributed by atoms with Gasteiger partial charge in [0.05, 0.1) is 0 Å². The zero-order chi connectivity index (χ0) is 12.5. The first-order valence-electron chi connectivity index (χ1n) is 6.34. The second kappa shape index (κ2) is 4.97. The lowest BCUT2D eigenvalue weighted by Crippen LogP contribution is -2.38. The number of halogens is 1. The van der Waals surface area contributed by atoms with E-state index in [2.05, 4.69) is 58.7 Å². The topological polar surface area (TPSA) is 16.1 Å². The van der Waals surface area contributed by atoms with Crippen LogP contribution in [0.1, 0.15) is 33.6 Å². The summed E-state index contributed by atoms with van der Waals surface area (Å²) in [4.78, 5) is 6.92. The van der Waals surface area contributed by atoms with E-state index in [1.807, 2.05) is 6.07 Å². The summed E-state index contributed by atoms with van der Waals surface area (Å²) in [6.45, 7) is 9.32. The fourth-order valence-electron chi connectivity index (χ4n) is 2.55. The SMILES string of the molecule is CC(C)(C)C1CCN(c2cccc(Br)n2)CC1. The molecule has 1 saturated heterocycles. The van der Waals surface area contributed by atoms with Crippen LogP contribution in [0.5, 0.6) is 0 Å². The van der Waals surface area contributed by atoms with Crippen LogP contribution in [0.15, 0.2) is 22.8 Å². The summed E-state index contributed by atoms with van der Waals surface area (Å²) in [6, 6.07) is 6.13. The number of rotatable bonds is 1. The Hall–Kier alpha value is -0.570. The monoisotopic (exact) mass is 296 g/mol. The molecule has 1 aromatic rings. The summed E-state index contributed by atoms with van der Waals surface area (Å²) in [5, 5.41) is 0. The molecule has 2 rings (SSSR count). The standard InChI is InChI=1S/C14H21BrN2/c1-14(2,3)11-7-9-17(10-8-11)13-6-4-5-12(15)16-13/h4-6,11H,7-10H2,1-3H3. The third-order valence-electron chi connectivity index (χ3n) is 3.74. The van der Waals surface area contributed by atoms with Gasteiger partial charge in [0.15, 0.2) is 0 Å². The number of aromatic nitrogens is 1. The molecular formula is C14H21BrN2. The van der Waals surface area contributed by atoms with Crippen molar-refractivity contribution < 1.29 is 0 Å². The maximum absolute atomic E-state index is 4.53. The van der Waals surface area contributed by atoms with Gasteiger partial charge >= 0.3 is 0 Å². The van der Waals surface area contributed by atoms with E-state index in [0.717, 1.165) is 29.4 Å². The number of hydrogen-bond acceptors (Lipinski definition) is 2. The van der Waals surface area contributed by atoms with Crippen LogP contribution in [0.25, 0.3) is 0 Å². The highest BCUT2D eigenvalue weighted by Gasteiger charge is 2.29. The van der Waals surface area contributed by atoms with E-state index >= 15 is 0 Å². The molecular weight excluding hydrogens is 276 g/mol. The van der Waals surface area contributed by atoms with Gasteiger partial charge in [0, 0.05) is 13.1 Å². The Morgan fingerprint density at radius 3 is 2.41 bits per heavy atom. The van der Waals surface area contributed by atoms with Gasteiger partial charge in [0.25, 0.3) is 0 Å². The first-order valence-corrected chi connectivity index (χ1v) is 7.13. The van der Waals surface area contributed by atoms with Crippen LogP contribution in [-0.2, 0) is 0 Å². The van der Waals surface area contributed by atoms with Gasteiger partial charge in [-0.15, -0.1) is 0 Å². The summed E-state index contributed by atoms with van der Waals surface area (Å²) in [7, 11) is 0. The third kappa shape index (κ3) is 3.21. The lowest BCUT2D eigenvalue weighted by molar-refractivity contribution is 0.198. The molecule has 1 aliphatic rings. The first-order chi connectivity index (χ1) is 7.97. The number of hydrogen-bond donors (Lipinski definition) is 0. The number of anilines is 1. The molecule has 0 saturated carbocycles. The lowest BCUT2D eigenvalue weighted by atomic mass is 9.75. The van der Waals surface area contributed by atoms with Crippen LogP contribution in [0.3, 0.4) is 0 Å². The van der Waals surface area contributed by atoms with E-state index in [1.165, 1.54) is 12.8 Å². The van der Waals surface area contributed by atoms with Gasteiger partial charge in [-0.25, -0.2) is 4.98 Å². The summed E-state index contributed by atoms with van der Waals surface area (Å²) >= 11 is 3.43. The molecule has 0 aromatic carbocycles. The van der Waals surface area contributed by atoms with Gasteiger partial charge in [0.2, 0.25) is 0 Å². The van der Waals surface area contributed by atoms with Gasteiger partial charge < -0.3 is 4.90 Å². The largest absolute Gasteiger partial charge is 0.357 e. The Morgan fingerprint density at radius 1 is 1.24 bits per heavy atom. The van der Waals surface area contributed by atoms with Crippen LogP contribution in [0, 0.1) is 11.3 Å². The van der Waals surface area contributed by atoms with Crippen LogP contribution >= 0.6 is 15.9 Å². The molecule has 0 atom stereocenters. The highest BCUT2D eigenvalue weighted by Crippen LogP contribution is 2.35. The van der Waals surface area contributed by atoms with Crippen molar-refractivity contribution in [2.75, 3.05) is 18.0 Å². The number of pyridine rings is 1. The Balaban J connectivity index is 2.00. The van der Waals surface area contributed by atoms with Crippen molar-refractivity contribution in [3.63, 3.8) is 0 Å². The van der Waals surface area contributed by atoms with Crippen molar-refractivity contribution in [3.8, 4) is 0 Å². The number of piperidine rings is 1. The second-order valence-corrected chi connectivity index (χ2v) is 6.76. The Labute approximate surface area is 113 Å². The quantitative estimate of drug-likeness (QED) is 0.725. The minimum Gasteiger partial charge on any atom is -0.357 e. The van der Waals surface area contributed by atoms with Gasteiger partial charge in [-0.1, -0.05) is 26.8 Å². The minimum atomic E-state index is 0.441. The van der Waals surface area contributed by atoms with Crippen molar-refractivity contribution in [1.82, 2.24) is 4.98 Å². The van der Waals surface area contributed by atoms with E-state index in [-0.39, 0.29) is 0 Å². The van der Waals surface area contributed by atoms with Crippen molar-refractivity contribution in [2.24, 2.45) is 11.3 Å². The fourth-order valence-corrected chi connectivity index (χ4v) is 2.88. The van der Waals surface area contributed by atoms with Gasteiger partial charge in [-0.3, -0.25) is 0 Å². The smallest absolute Gasteiger partial charge is 0.129 e. The molecule has 1 aromatic heterocycles. The molecule has 2 nitrogen and oxygen atoms in total. The fraction of sp³-hybridized carbons (Fsp3) is 0.643. The molecule has 1 fully saturated rings. The van der Waals surface area contributed by atoms with Gasteiger partial charge in [-0.05, 0) is 52.2 Å². The van der Waals surface area contributed by atoms with Crippen molar-refractivity contribution in [2.45, 2.75) is 33.6 Å². The molecule has 17 heavy (non-hydrogen) atoms. The van der Waals surface area contributed by atoms with Gasteiger partial charge in [-0.2, -0.15) is 0 Å². The molecule has 0 aliphatic carbocycles. The number of nitrogens with zero attached hydrogens (tertiary/aromatic N) is 2. The van der Waals surface area contributed by atoms with Gasteiger partial charge in [0.1, 0.15) is 10.4 Å². The summed E-state index contributed by atoms with van der Waals surface area (Å²) < 4.78 is 0.924. The molecule has 0 N–H and O–H groups in total. The van der Waals surface area contributed by atoms with Crippen LogP contribution < -0.4 is 4.90 Å². The lowest BCUT2D eigenvalue weighted by Gasteiger charge is -2.39. The summed E-state index contributed by atoms with van der Waals surface area (Å²) in [6.07, 6.45) is 2.55. The molecule has 0 bridgehead atoms. The molecule has 0 unspecified atom stereocenters. The van der Waals surface area contributed by atoms with Crippen molar-refractivity contribution in [1.29, 1.82) is 0 Å². The Morgan fingerprint density at radius 2 is 1.88 bits per heavy atom. The maximum atomic E-state index is 4.53. The molecule has 3 heteroatoms. The molecule has 2 heterocycles. The predicted molar refractivity (Wildman–Crippen MR) is 76.3 cm³/mol. The zero-order valence-electron chi connectivity index (χ0n) is 10.9. The second-order valence-electron chi connectivity index (χ2n) is 5.95. The minimum absolute atomic E-state index is 0.441. The maximum Gasteiger partial charge on any atom is 0.129 e. The highest BCUT2D eigenvalue weighted by molar-refractivity contribution is 9.10. The molecule has 0 radical (unpaired) electrons. The van der Waals surface area contributed by atoms with Crippen molar-refractivity contribution >= 4 is 21.7 Å². The Bertz CT molecular complexity index is 376. The summed E-state index contributed by atoms with van der Waals surface area (Å²) in [5.74, 6) is 1.94. The Kier molecular flexibility index (Phi) is 3.76. The van der Waals surface area contributed by atoms with E-state index in [1.54, 1.807) is 0 Å². The molecule has 94 valence electrons. The zero-order valence-corrected chi connectivity index (χ0v) is 12.5. The average molecular weight is 297 g/mol. The van der Waals surface area contributed by atoms with Crippen LogP contribution in [-0.4, -0.2) is 18.1 Å². The summed E-state index contributed by atoms with van der Waals surface area (Å²) in [5.41, 5.74) is 0.441. The molecule has 1 aliphatic heterocycles.